The van der Waals surface area contributed by atoms with E-state index in [1.165, 1.54) is 5.01 Å². The van der Waals surface area contributed by atoms with Crippen molar-refractivity contribution in [1.29, 1.82) is 0 Å². The number of rotatable bonds is 5. The van der Waals surface area contributed by atoms with Gasteiger partial charge in [0.1, 0.15) is 0 Å². The van der Waals surface area contributed by atoms with E-state index in [1.807, 2.05) is 45.0 Å². The number of hydrogen-bond donors (Lipinski definition) is 0. The molecule has 1 aromatic rings. The topological polar surface area (TPSA) is 59.0 Å². The van der Waals surface area contributed by atoms with E-state index in [2.05, 4.69) is 5.10 Å². The summed E-state index contributed by atoms with van der Waals surface area (Å²) in [4.78, 5) is 24.1. The van der Waals surface area contributed by atoms with Crippen LogP contribution in [0.3, 0.4) is 0 Å². The molecule has 0 radical (unpaired) electrons. The first-order valence-electron chi connectivity index (χ1n) is 9.56. The Hall–Kier alpha value is -1.88. The zero-order valence-corrected chi connectivity index (χ0v) is 17.0. The molecule has 0 aromatic heterocycles. The first-order valence-corrected chi connectivity index (χ1v) is 9.94. The average molecular weight is 391 g/mol. The molecular weight excluding hydrogens is 364 g/mol. The van der Waals surface area contributed by atoms with Crippen LogP contribution >= 0.6 is 11.6 Å². The number of nitrogens with zero attached hydrogens (tertiary/aromatic N) is 2. The normalized spacial score (nSPS) is 19.6. The predicted molar refractivity (Wildman–Crippen MR) is 105 cm³/mol. The molecule has 146 valence electrons. The molecule has 1 amide bonds. The molecule has 3 rings (SSSR count). The third-order valence-corrected chi connectivity index (χ3v) is 5.50. The molecule has 1 aliphatic carbocycles. The summed E-state index contributed by atoms with van der Waals surface area (Å²) in [6.45, 7) is 6.40. The molecule has 2 aliphatic rings. The highest BCUT2D eigenvalue weighted by Crippen LogP contribution is 2.38. The van der Waals surface area contributed by atoms with Gasteiger partial charge in [0.05, 0.1) is 12.5 Å². The van der Waals surface area contributed by atoms with E-state index in [4.69, 9.17) is 16.3 Å². The Bertz CT molecular complexity index is 731. The summed E-state index contributed by atoms with van der Waals surface area (Å²) in [7, 11) is 0. The van der Waals surface area contributed by atoms with Gasteiger partial charge in [-0.2, -0.15) is 0 Å². The van der Waals surface area contributed by atoms with Crippen molar-refractivity contribution in [2.75, 3.05) is 6.61 Å². The Morgan fingerprint density at radius 3 is 2.44 bits per heavy atom. The molecule has 27 heavy (non-hydrogen) atoms. The maximum Gasteiger partial charge on any atom is 0.281 e. The van der Waals surface area contributed by atoms with Gasteiger partial charge in [-0.1, -0.05) is 57.9 Å². The third-order valence-electron chi connectivity index (χ3n) is 5.26. The quantitative estimate of drug-likeness (QED) is 0.698. The number of hydrazone groups is 1. The Kier molecular flexibility index (Phi) is 5.89. The molecule has 0 saturated heterocycles. The second kappa shape index (κ2) is 8.01. The van der Waals surface area contributed by atoms with Gasteiger partial charge in [0.15, 0.2) is 6.61 Å². The van der Waals surface area contributed by atoms with Gasteiger partial charge in [0, 0.05) is 5.41 Å². The van der Waals surface area contributed by atoms with E-state index < -0.39 is 0 Å². The standard InChI is InChI=1S/C21H27ClN2O3/c1-21(2,3)20-23-24(17(25)13-27-20)12-14-8-10-16(11-9-14)18(19(22)26)15-6-4-5-7-15/h8-11,15,18H,4-7,12-13H2,1-3H3. The fourth-order valence-electron chi connectivity index (χ4n) is 3.77. The van der Waals surface area contributed by atoms with Gasteiger partial charge in [0.2, 0.25) is 11.1 Å². The molecule has 6 heteroatoms. The van der Waals surface area contributed by atoms with Crippen LogP contribution in [0.4, 0.5) is 0 Å². The van der Waals surface area contributed by atoms with E-state index in [0.29, 0.717) is 18.4 Å². The van der Waals surface area contributed by atoms with E-state index in [9.17, 15) is 9.59 Å². The molecule has 0 bridgehead atoms. The first kappa shape index (κ1) is 19.9. The van der Waals surface area contributed by atoms with Crippen LogP contribution in [0.5, 0.6) is 0 Å². The van der Waals surface area contributed by atoms with Crippen LogP contribution in [-0.4, -0.2) is 28.7 Å². The molecule has 1 fully saturated rings. The number of hydrogen-bond acceptors (Lipinski definition) is 4. The van der Waals surface area contributed by atoms with E-state index >= 15 is 0 Å². The summed E-state index contributed by atoms with van der Waals surface area (Å²) in [5.41, 5.74) is 1.66. The maximum atomic E-state index is 12.1. The van der Waals surface area contributed by atoms with Crippen LogP contribution in [0, 0.1) is 11.3 Å². The Balaban J connectivity index is 1.75. The summed E-state index contributed by atoms with van der Waals surface area (Å²) in [5.74, 6) is 0.499. The average Bonchev–Trinajstić information content (AvgIpc) is 3.11. The van der Waals surface area contributed by atoms with Crippen molar-refractivity contribution in [3.05, 3.63) is 35.4 Å². The minimum absolute atomic E-state index is 0.0126. The molecular formula is C21H27ClN2O3. The van der Waals surface area contributed by atoms with Gasteiger partial charge in [-0.15, -0.1) is 5.10 Å². The molecule has 0 N–H and O–H groups in total. The van der Waals surface area contributed by atoms with Crippen LogP contribution in [0.2, 0.25) is 0 Å². The van der Waals surface area contributed by atoms with Crippen LogP contribution < -0.4 is 0 Å². The maximum absolute atomic E-state index is 12.1. The van der Waals surface area contributed by atoms with Crippen molar-refractivity contribution in [3.8, 4) is 0 Å². The highest BCUT2D eigenvalue weighted by molar-refractivity contribution is 6.64. The van der Waals surface area contributed by atoms with Gasteiger partial charge < -0.3 is 4.74 Å². The van der Waals surface area contributed by atoms with Gasteiger partial charge in [-0.3, -0.25) is 9.59 Å². The van der Waals surface area contributed by atoms with E-state index in [0.717, 1.165) is 36.8 Å². The van der Waals surface area contributed by atoms with Crippen LogP contribution in [-0.2, 0) is 20.9 Å². The molecule has 1 saturated carbocycles. The Morgan fingerprint density at radius 1 is 1.26 bits per heavy atom. The summed E-state index contributed by atoms with van der Waals surface area (Å²) in [5, 5.41) is 5.56. The van der Waals surface area contributed by atoms with Crippen molar-refractivity contribution in [3.63, 3.8) is 0 Å². The molecule has 1 unspecified atom stereocenters. The fraction of sp³-hybridized carbons (Fsp3) is 0.571. The van der Waals surface area contributed by atoms with Crippen LogP contribution in [0.1, 0.15) is 63.5 Å². The van der Waals surface area contributed by atoms with E-state index in [1.54, 1.807) is 0 Å². The number of carbonyl (C=O) groups is 2. The fourth-order valence-corrected chi connectivity index (χ4v) is 4.08. The predicted octanol–water partition coefficient (Wildman–Crippen LogP) is 4.44. The van der Waals surface area contributed by atoms with Gasteiger partial charge >= 0.3 is 0 Å². The number of ether oxygens (including phenoxy) is 1. The summed E-state index contributed by atoms with van der Waals surface area (Å²) in [6, 6.07) is 7.81. The van der Waals surface area contributed by atoms with Crippen molar-refractivity contribution in [2.24, 2.45) is 16.4 Å². The lowest BCUT2D eigenvalue weighted by Crippen LogP contribution is -2.40. The number of halogens is 1. The minimum atomic E-state index is -0.280. The van der Waals surface area contributed by atoms with Gasteiger partial charge in [-0.25, -0.2) is 5.01 Å². The first-order chi connectivity index (χ1) is 12.8. The molecule has 1 aliphatic heterocycles. The largest absolute Gasteiger partial charge is 0.469 e. The molecule has 5 nitrogen and oxygen atoms in total. The lowest BCUT2D eigenvalue weighted by atomic mass is 9.85. The zero-order valence-electron chi connectivity index (χ0n) is 16.2. The lowest BCUT2D eigenvalue weighted by molar-refractivity contribution is -0.136. The summed E-state index contributed by atoms with van der Waals surface area (Å²) >= 11 is 5.91. The van der Waals surface area contributed by atoms with Gasteiger partial charge in [-0.05, 0) is 41.5 Å². The molecule has 1 atom stereocenters. The smallest absolute Gasteiger partial charge is 0.281 e. The summed E-state index contributed by atoms with van der Waals surface area (Å²) in [6.07, 6.45) is 4.43. The van der Waals surface area contributed by atoms with Crippen molar-refractivity contribution >= 4 is 28.6 Å². The Morgan fingerprint density at radius 2 is 1.89 bits per heavy atom. The second-order valence-corrected chi connectivity index (χ2v) is 8.84. The third kappa shape index (κ3) is 4.70. The minimum Gasteiger partial charge on any atom is -0.469 e. The molecule has 0 spiro atoms. The number of amides is 1. The second-order valence-electron chi connectivity index (χ2n) is 8.46. The van der Waals surface area contributed by atoms with Crippen LogP contribution in [0.25, 0.3) is 0 Å². The lowest BCUT2D eigenvalue weighted by Gasteiger charge is -2.29. The number of benzene rings is 1. The van der Waals surface area contributed by atoms with E-state index in [-0.39, 0.29) is 29.1 Å². The highest BCUT2D eigenvalue weighted by atomic mass is 35.5. The van der Waals surface area contributed by atoms with Gasteiger partial charge in [0.25, 0.3) is 5.91 Å². The summed E-state index contributed by atoms with van der Waals surface area (Å²) < 4.78 is 5.46. The highest BCUT2D eigenvalue weighted by Gasteiger charge is 2.32. The van der Waals surface area contributed by atoms with Crippen molar-refractivity contribution < 1.29 is 14.3 Å². The van der Waals surface area contributed by atoms with Crippen molar-refractivity contribution in [1.82, 2.24) is 5.01 Å². The SMILES string of the molecule is CC(C)(C)C1=NN(Cc2ccc(C(C(=O)Cl)C3CCCC3)cc2)C(=O)CO1. The molecule has 1 aromatic carbocycles. The number of carbonyl (C=O) groups excluding carboxylic acids is 2. The molecule has 1 heterocycles. The zero-order chi connectivity index (χ0) is 19.6. The van der Waals surface area contributed by atoms with Crippen LogP contribution in [0.15, 0.2) is 29.4 Å². The monoisotopic (exact) mass is 390 g/mol. The van der Waals surface area contributed by atoms with Crippen molar-refractivity contribution in [2.45, 2.75) is 58.9 Å². The Labute approximate surface area is 165 Å².